The largest absolute Gasteiger partial charge is 0.296 e. The summed E-state index contributed by atoms with van der Waals surface area (Å²) in [7, 11) is 0. The molecule has 8 heteroatoms. The molecular formula is C24H6N6S2. The van der Waals surface area contributed by atoms with Crippen LogP contribution >= 0.6 is 22.7 Å². The quantitative estimate of drug-likeness (QED) is 0.254. The molecule has 32 heavy (non-hydrogen) atoms. The SMILES string of the molecule is [C-]#[N+]/C(C#N)=c1\nc2cc3ccc4cc5nc(=C(C#N)C#N)sc5c5ccc(c2s1)c3c45. The van der Waals surface area contributed by atoms with Crippen LogP contribution in [-0.2, 0) is 0 Å². The maximum Gasteiger partial charge on any atom is 0.296 e. The average Bonchev–Trinajstić information content (AvgIpc) is 3.42. The summed E-state index contributed by atoms with van der Waals surface area (Å²) in [5.74, 6) is 0. The molecule has 0 amide bonds. The van der Waals surface area contributed by atoms with E-state index in [1.807, 2.05) is 54.6 Å². The second-order valence-corrected chi connectivity index (χ2v) is 9.08. The number of hydrogen-bond acceptors (Lipinski definition) is 7. The Kier molecular flexibility index (Phi) is 3.66. The lowest BCUT2D eigenvalue weighted by Crippen LogP contribution is -2.00. The van der Waals surface area contributed by atoms with E-state index in [9.17, 15) is 15.8 Å². The fraction of sp³-hybridized carbons (Fsp3) is 0. The Balaban J connectivity index is 1.84. The molecule has 0 saturated heterocycles. The fourth-order valence-electron chi connectivity index (χ4n) is 4.16. The van der Waals surface area contributed by atoms with Gasteiger partial charge >= 0.3 is 0 Å². The smallest absolute Gasteiger partial charge is 0.248 e. The van der Waals surface area contributed by atoms with Crippen molar-refractivity contribution in [1.29, 1.82) is 15.8 Å². The van der Waals surface area contributed by atoms with Crippen LogP contribution in [0.3, 0.4) is 0 Å². The lowest BCUT2D eigenvalue weighted by molar-refractivity contribution is 1.40. The van der Waals surface area contributed by atoms with Gasteiger partial charge in [-0.15, -0.1) is 22.7 Å². The van der Waals surface area contributed by atoms with Gasteiger partial charge < -0.3 is 0 Å². The van der Waals surface area contributed by atoms with Crippen molar-refractivity contribution in [2.24, 2.45) is 0 Å². The molecule has 0 aliphatic rings. The van der Waals surface area contributed by atoms with Crippen molar-refractivity contribution < 1.29 is 0 Å². The van der Waals surface area contributed by atoms with Crippen LogP contribution in [0.15, 0.2) is 36.4 Å². The molecule has 6 rings (SSSR count). The lowest BCUT2D eigenvalue weighted by Gasteiger charge is -2.11. The standard InChI is InChI=1S/C24H6N6S2/c1-28-18(10-27)24-30-17-7-12-3-2-11-6-16-21(31-23(29-16)13(8-25)9-26)14-4-5-15(22(17)32-24)20(12)19(11)14/h2-7H/b24-18+. The van der Waals surface area contributed by atoms with Crippen LogP contribution in [0.4, 0.5) is 0 Å². The van der Waals surface area contributed by atoms with Crippen LogP contribution in [-0.4, -0.2) is 9.97 Å². The highest BCUT2D eigenvalue weighted by Crippen LogP contribution is 2.41. The summed E-state index contributed by atoms with van der Waals surface area (Å²) < 4.78 is 2.72. The number of fused-ring (bicyclic) bond motifs is 4. The van der Waals surface area contributed by atoms with E-state index < -0.39 is 0 Å². The molecule has 0 N–H and O–H groups in total. The van der Waals surface area contributed by atoms with E-state index in [1.165, 1.54) is 22.7 Å². The maximum absolute atomic E-state index is 9.25. The highest BCUT2D eigenvalue weighted by atomic mass is 32.1. The van der Waals surface area contributed by atoms with Crippen molar-refractivity contribution in [2.45, 2.75) is 0 Å². The third-order valence-electron chi connectivity index (χ3n) is 5.46. The monoisotopic (exact) mass is 442 g/mol. The van der Waals surface area contributed by atoms with Gasteiger partial charge in [0.1, 0.15) is 21.5 Å². The Labute approximate surface area is 187 Å². The summed E-state index contributed by atoms with van der Waals surface area (Å²) in [6.07, 6.45) is 0. The first-order valence-corrected chi connectivity index (χ1v) is 10.9. The predicted molar refractivity (Wildman–Crippen MR) is 126 cm³/mol. The van der Waals surface area contributed by atoms with Crippen molar-refractivity contribution in [3.05, 3.63) is 57.1 Å². The zero-order valence-electron chi connectivity index (χ0n) is 16.0. The van der Waals surface area contributed by atoms with Crippen LogP contribution in [0.5, 0.6) is 0 Å². The Bertz CT molecular complexity index is 1900. The molecule has 6 nitrogen and oxygen atoms in total. The van der Waals surface area contributed by atoms with Crippen LogP contribution < -0.4 is 9.33 Å². The van der Waals surface area contributed by atoms with E-state index in [2.05, 4.69) is 14.8 Å². The minimum absolute atomic E-state index is 0.00581. The van der Waals surface area contributed by atoms with Gasteiger partial charge in [-0.3, -0.25) is 0 Å². The molecule has 0 bridgehead atoms. The molecule has 0 fully saturated rings. The van der Waals surface area contributed by atoms with Gasteiger partial charge in [0.25, 0.3) is 5.70 Å². The van der Waals surface area contributed by atoms with Gasteiger partial charge in [-0.2, -0.15) is 10.5 Å². The molecule has 0 spiro atoms. The zero-order chi connectivity index (χ0) is 22.0. The number of hydrogen-bond donors (Lipinski definition) is 0. The number of benzene rings is 4. The van der Waals surface area contributed by atoms with E-state index in [1.54, 1.807) is 0 Å². The summed E-state index contributed by atoms with van der Waals surface area (Å²) >= 11 is 2.70. The molecular weight excluding hydrogens is 436 g/mol. The molecule has 2 heterocycles. The van der Waals surface area contributed by atoms with Gasteiger partial charge in [-0.25, -0.2) is 20.1 Å². The number of thiazole rings is 2. The minimum Gasteiger partial charge on any atom is -0.248 e. The van der Waals surface area contributed by atoms with Crippen molar-refractivity contribution in [1.82, 2.24) is 9.97 Å². The summed E-state index contributed by atoms with van der Waals surface area (Å²) in [5.41, 5.74) is 1.53. The van der Waals surface area contributed by atoms with Gasteiger partial charge in [0.2, 0.25) is 0 Å². The molecule has 4 aromatic carbocycles. The van der Waals surface area contributed by atoms with Gasteiger partial charge in [-0.1, -0.05) is 24.3 Å². The highest BCUT2D eigenvalue weighted by Gasteiger charge is 2.17. The molecule has 6 aromatic rings. The number of aromatic nitrogens is 2. The zero-order valence-corrected chi connectivity index (χ0v) is 17.6. The number of rotatable bonds is 0. The van der Waals surface area contributed by atoms with Crippen LogP contribution in [0, 0.1) is 40.6 Å². The second kappa shape index (κ2) is 6.45. The van der Waals surface area contributed by atoms with Crippen LogP contribution in [0.1, 0.15) is 0 Å². The molecule has 0 unspecified atom stereocenters. The molecule has 0 aliphatic carbocycles. The normalized spacial score (nSPS) is 12.1. The lowest BCUT2D eigenvalue weighted by atomic mass is 9.94. The maximum atomic E-state index is 9.25. The Morgan fingerprint density at radius 2 is 1.31 bits per heavy atom. The van der Waals surface area contributed by atoms with E-state index in [0.717, 1.165) is 52.8 Å². The molecule has 0 radical (unpaired) electrons. The number of nitrogens with zero attached hydrogens (tertiary/aromatic N) is 6. The summed E-state index contributed by atoms with van der Waals surface area (Å²) in [4.78, 5) is 12.4. The van der Waals surface area contributed by atoms with Crippen molar-refractivity contribution >= 4 is 86.7 Å². The van der Waals surface area contributed by atoms with Crippen LogP contribution in [0.25, 0.3) is 68.9 Å². The van der Waals surface area contributed by atoms with Crippen molar-refractivity contribution in [3.8, 4) is 18.2 Å². The summed E-state index contributed by atoms with van der Waals surface area (Å²) in [5, 5.41) is 34.0. The molecule has 0 aliphatic heterocycles. The first-order valence-electron chi connectivity index (χ1n) is 9.31. The first-order chi connectivity index (χ1) is 15.7. The summed E-state index contributed by atoms with van der Waals surface area (Å²) in [6, 6.07) is 17.9. The van der Waals surface area contributed by atoms with Gasteiger partial charge in [0, 0.05) is 10.8 Å². The average molecular weight is 442 g/mol. The van der Waals surface area contributed by atoms with E-state index >= 15 is 0 Å². The Morgan fingerprint density at radius 1 is 0.781 bits per heavy atom. The van der Waals surface area contributed by atoms with Gasteiger partial charge in [-0.05, 0) is 33.7 Å². The summed E-state index contributed by atoms with van der Waals surface area (Å²) in [6.45, 7) is 7.24. The van der Waals surface area contributed by atoms with E-state index in [4.69, 9.17) is 6.57 Å². The van der Waals surface area contributed by atoms with Crippen molar-refractivity contribution in [2.75, 3.05) is 0 Å². The van der Waals surface area contributed by atoms with Crippen LogP contribution in [0.2, 0.25) is 0 Å². The van der Waals surface area contributed by atoms with Gasteiger partial charge in [0.15, 0.2) is 5.57 Å². The van der Waals surface area contributed by atoms with E-state index in [0.29, 0.717) is 9.33 Å². The Hall–Kier alpha value is -4.60. The Morgan fingerprint density at radius 3 is 1.81 bits per heavy atom. The second-order valence-electron chi connectivity index (χ2n) is 7.08. The molecule has 2 aromatic heterocycles. The molecule has 0 atom stereocenters. The molecule has 144 valence electrons. The third kappa shape index (κ3) is 2.28. The topological polar surface area (TPSA) is 102 Å². The molecule has 0 saturated carbocycles. The first kappa shape index (κ1) is 18.2. The van der Waals surface area contributed by atoms with E-state index in [-0.39, 0.29) is 11.3 Å². The van der Waals surface area contributed by atoms with Crippen molar-refractivity contribution in [3.63, 3.8) is 0 Å². The van der Waals surface area contributed by atoms with Gasteiger partial charge in [0.05, 0.1) is 33.1 Å². The third-order valence-corrected chi connectivity index (χ3v) is 7.70. The minimum atomic E-state index is -0.00581. The highest BCUT2D eigenvalue weighted by molar-refractivity contribution is 7.18. The predicted octanol–water partition coefficient (Wildman–Crippen LogP) is 4.55. The number of nitriles is 3. The fourth-order valence-corrected chi connectivity index (χ4v) is 6.19.